The molecule has 2 aliphatic rings. The van der Waals surface area contributed by atoms with E-state index in [1.807, 2.05) is 17.7 Å². The van der Waals surface area contributed by atoms with Crippen LogP contribution in [0, 0.1) is 6.92 Å². The van der Waals surface area contributed by atoms with Crippen molar-refractivity contribution >= 4 is 15.9 Å². The minimum absolute atomic E-state index is 0.121. The summed E-state index contributed by atoms with van der Waals surface area (Å²) in [6.45, 7) is 3.93. The molecule has 0 unspecified atom stereocenters. The Morgan fingerprint density at radius 2 is 1.83 bits per heavy atom. The standard InChI is InChI=1S/C20H26N4O4S/c1-15-13-17(6-7-19(15)28-2)29(26,27)23-11-9-22(10-12-23)20(25)18-14-16-5-3-4-8-24(16)21-18/h6-7,13-14H,3-5,8-12H2,1-2H3. The zero-order valence-corrected chi connectivity index (χ0v) is 17.6. The van der Waals surface area contributed by atoms with Crippen LogP contribution in [0.4, 0.5) is 0 Å². The van der Waals surface area contributed by atoms with E-state index in [4.69, 9.17) is 4.74 Å². The number of aryl methyl sites for hydroxylation is 3. The summed E-state index contributed by atoms with van der Waals surface area (Å²) in [4.78, 5) is 14.8. The summed E-state index contributed by atoms with van der Waals surface area (Å²) in [7, 11) is -2.05. The van der Waals surface area contributed by atoms with Crippen LogP contribution < -0.4 is 4.74 Å². The number of hydrogen-bond donors (Lipinski definition) is 0. The van der Waals surface area contributed by atoms with Crippen molar-refractivity contribution in [1.29, 1.82) is 0 Å². The maximum atomic E-state index is 13.0. The Hall–Kier alpha value is -2.39. The van der Waals surface area contributed by atoms with Crippen molar-refractivity contribution in [3.63, 3.8) is 0 Å². The number of sulfonamides is 1. The molecule has 0 bridgehead atoms. The van der Waals surface area contributed by atoms with Gasteiger partial charge in [-0.25, -0.2) is 8.42 Å². The van der Waals surface area contributed by atoms with Crippen molar-refractivity contribution in [1.82, 2.24) is 19.0 Å². The van der Waals surface area contributed by atoms with E-state index < -0.39 is 10.0 Å². The molecule has 0 spiro atoms. The number of benzene rings is 1. The van der Waals surface area contributed by atoms with Gasteiger partial charge >= 0.3 is 0 Å². The van der Waals surface area contributed by atoms with E-state index in [1.165, 1.54) is 4.31 Å². The van der Waals surface area contributed by atoms with E-state index in [1.54, 1.807) is 30.2 Å². The van der Waals surface area contributed by atoms with Gasteiger partial charge in [-0.05, 0) is 56.0 Å². The van der Waals surface area contributed by atoms with Crippen LogP contribution in [-0.4, -0.2) is 66.6 Å². The van der Waals surface area contributed by atoms with Crippen LogP contribution in [0.1, 0.15) is 34.6 Å². The number of piperazine rings is 1. The number of carbonyl (C=O) groups excluding carboxylic acids is 1. The maximum Gasteiger partial charge on any atom is 0.274 e. The van der Waals surface area contributed by atoms with Gasteiger partial charge in [-0.3, -0.25) is 9.48 Å². The second-order valence-corrected chi connectivity index (χ2v) is 9.47. The first-order valence-electron chi connectivity index (χ1n) is 9.91. The Labute approximate surface area is 171 Å². The van der Waals surface area contributed by atoms with Gasteiger partial charge < -0.3 is 9.64 Å². The van der Waals surface area contributed by atoms with Gasteiger partial charge in [0.05, 0.1) is 12.0 Å². The number of rotatable bonds is 4. The minimum Gasteiger partial charge on any atom is -0.496 e. The number of aromatic nitrogens is 2. The monoisotopic (exact) mass is 418 g/mol. The Morgan fingerprint density at radius 1 is 1.07 bits per heavy atom. The Morgan fingerprint density at radius 3 is 2.48 bits per heavy atom. The molecule has 0 radical (unpaired) electrons. The van der Waals surface area contributed by atoms with Gasteiger partial charge in [0.25, 0.3) is 5.91 Å². The first kappa shape index (κ1) is 19.9. The molecule has 29 heavy (non-hydrogen) atoms. The average Bonchev–Trinajstić information content (AvgIpc) is 3.17. The third-order valence-corrected chi connectivity index (χ3v) is 7.56. The third-order valence-electron chi connectivity index (χ3n) is 5.67. The van der Waals surface area contributed by atoms with E-state index in [9.17, 15) is 13.2 Å². The zero-order chi connectivity index (χ0) is 20.6. The number of carbonyl (C=O) groups is 1. The number of methoxy groups -OCH3 is 1. The Balaban J connectivity index is 1.44. The van der Waals surface area contributed by atoms with Crippen LogP contribution in [0.3, 0.4) is 0 Å². The van der Waals surface area contributed by atoms with Gasteiger partial charge in [0.15, 0.2) is 5.69 Å². The van der Waals surface area contributed by atoms with Gasteiger partial charge in [-0.15, -0.1) is 0 Å². The van der Waals surface area contributed by atoms with Crippen LogP contribution in [-0.2, 0) is 23.0 Å². The molecule has 156 valence electrons. The maximum absolute atomic E-state index is 13.0. The van der Waals surface area contributed by atoms with E-state index in [0.717, 1.165) is 37.1 Å². The Bertz CT molecular complexity index is 1000. The SMILES string of the molecule is COc1ccc(S(=O)(=O)N2CCN(C(=O)c3cc4n(n3)CCCC4)CC2)cc1C. The summed E-state index contributed by atoms with van der Waals surface area (Å²) < 4.78 is 34.5. The zero-order valence-electron chi connectivity index (χ0n) is 16.8. The van der Waals surface area contributed by atoms with Crippen molar-refractivity contribution in [2.75, 3.05) is 33.3 Å². The van der Waals surface area contributed by atoms with E-state index in [2.05, 4.69) is 5.10 Å². The molecule has 3 heterocycles. The predicted molar refractivity (Wildman–Crippen MR) is 108 cm³/mol. The lowest BCUT2D eigenvalue weighted by Gasteiger charge is -2.33. The van der Waals surface area contributed by atoms with Gasteiger partial charge in [0.1, 0.15) is 5.75 Å². The molecule has 1 aromatic heterocycles. The third kappa shape index (κ3) is 3.76. The predicted octanol–water partition coefficient (Wildman–Crippen LogP) is 1.68. The molecule has 1 saturated heterocycles. The highest BCUT2D eigenvalue weighted by Gasteiger charge is 2.31. The quantitative estimate of drug-likeness (QED) is 0.754. The van der Waals surface area contributed by atoms with Gasteiger partial charge in [0, 0.05) is 38.4 Å². The van der Waals surface area contributed by atoms with Crippen molar-refractivity contribution in [2.45, 2.75) is 37.6 Å². The molecule has 0 N–H and O–H groups in total. The first-order chi connectivity index (χ1) is 13.9. The fraction of sp³-hybridized carbons (Fsp3) is 0.500. The lowest BCUT2D eigenvalue weighted by atomic mass is 10.1. The lowest BCUT2D eigenvalue weighted by molar-refractivity contribution is 0.0691. The summed E-state index contributed by atoms with van der Waals surface area (Å²) in [5.74, 6) is 0.534. The molecule has 2 aromatic rings. The summed E-state index contributed by atoms with van der Waals surface area (Å²) in [5, 5.41) is 4.45. The van der Waals surface area contributed by atoms with Gasteiger partial charge in [-0.1, -0.05) is 0 Å². The van der Waals surface area contributed by atoms with Crippen molar-refractivity contribution in [3.05, 3.63) is 41.2 Å². The summed E-state index contributed by atoms with van der Waals surface area (Å²) in [6, 6.07) is 6.74. The highest BCUT2D eigenvalue weighted by molar-refractivity contribution is 7.89. The molecular weight excluding hydrogens is 392 g/mol. The summed E-state index contributed by atoms with van der Waals surface area (Å²) in [5.41, 5.74) is 2.34. The highest BCUT2D eigenvalue weighted by atomic mass is 32.2. The van der Waals surface area contributed by atoms with E-state index in [-0.39, 0.29) is 23.9 Å². The smallest absolute Gasteiger partial charge is 0.274 e. The highest BCUT2D eigenvalue weighted by Crippen LogP contribution is 2.25. The number of ether oxygens (including phenoxy) is 1. The molecule has 2 aliphatic heterocycles. The summed E-state index contributed by atoms with van der Waals surface area (Å²) in [6.07, 6.45) is 3.16. The first-order valence-corrected chi connectivity index (χ1v) is 11.3. The molecule has 9 heteroatoms. The molecule has 4 rings (SSSR count). The number of amides is 1. The van der Waals surface area contributed by atoms with Crippen LogP contribution in [0.15, 0.2) is 29.2 Å². The number of nitrogens with zero attached hydrogens (tertiary/aromatic N) is 4. The summed E-state index contributed by atoms with van der Waals surface area (Å²) >= 11 is 0. The Kier molecular flexibility index (Phi) is 5.35. The van der Waals surface area contributed by atoms with Crippen molar-refractivity contribution in [2.24, 2.45) is 0 Å². The largest absolute Gasteiger partial charge is 0.496 e. The fourth-order valence-electron chi connectivity index (χ4n) is 3.98. The fourth-order valence-corrected chi connectivity index (χ4v) is 5.48. The van der Waals surface area contributed by atoms with Gasteiger partial charge in [0.2, 0.25) is 10.0 Å². The van der Waals surface area contributed by atoms with Crippen molar-refractivity contribution < 1.29 is 17.9 Å². The average molecular weight is 419 g/mol. The topological polar surface area (TPSA) is 84.7 Å². The van der Waals surface area contributed by atoms with Gasteiger partial charge in [-0.2, -0.15) is 9.40 Å². The van der Waals surface area contributed by atoms with Crippen LogP contribution in [0.5, 0.6) is 5.75 Å². The molecule has 8 nitrogen and oxygen atoms in total. The van der Waals surface area contributed by atoms with Crippen LogP contribution in [0.2, 0.25) is 0 Å². The second-order valence-electron chi connectivity index (χ2n) is 7.53. The van der Waals surface area contributed by atoms with Crippen LogP contribution in [0.25, 0.3) is 0 Å². The molecule has 0 atom stereocenters. The van der Waals surface area contributed by atoms with Crippen LogP contribution >= 0.6 is 0 Å². The van der Waals surface area contributed by atoms with E-state index >= 15 is 0 Å². The number of fused-ring (bicyclic) bond motifs is 1. The minimum atomic E-state index is -3.61. The molecule has 1 fully saturated rings. The molecular formula is C20H26N4O4S. The normalized spacial score (nSPS) is 17.8. The number of hydrogen-bond acceptors (Lipinski definition) is 5. The van der Waals surface area contributed by atoms with Crippen molar-refractivity contribution in [3.8, 4) is 5.75 Å². The lowest BCUT2D eigenvalue weighted by Crippen LogP contribution is -2.50. The van der Waals surface area contributed by atoms with E-state index in [0.29, 0.717) is 24.5 Å². The molecule has 0 saturated carbocycles. The molecule has 1 aromatic carbocycles. The molecule has 0 aliphatic carbocycles. The second kappa shape index (κ2) is 7.79. The molecule has 1 amide bonds.